The highest BCUT2D eigenvalue weighted by Gasteiger charge is 2.59. The standard InChI is InChI=1S/C23H40O7/c1-11-14-23(19(26)28-13-3,20(27)30-22(8,9)10)17(24)16(15(4)12-2)18(25)29-21(5,6)7/h11,15-17,24H,1,12-14H2,2-10H3/t15?,16-,17?,23-/m0/s1. The number of carbonyl (C=O) groups excluding carboxylic acids is 3. The summed E-state index contributed by atoms with van der Waals surface area (Å²) < 4.78 is 16.2. The Morgan fingerprint density at radius 1 is 0.967 bits per heavy atom. The number of ether oxygens (including phenoxy) is 3. The summed E-state index contributed by atoms with van der Waals surface area (Å²) in [7, 11) is 0. The molecule has 0 aromatic heterocycles. The molecule has 0 spiro atoms. The maximum atomic E-state index is 13.3. The first kappa shape index (κ1) is 28.1. The average Bonchev–Trinajstić information content (AvgIpc) is 2.56. The van der Waals surface area contributed by atoms with Gasteiger partial charge in [-0.25, -0.2) is 0 Å². The molecule has 0 saturated heterocycles. The zero-order valence-electron chi connectivity index (χ0n) is 20.0. The van der Waals surface area contributed by atoms with Gasteiger partial charge in [0.25, 0.3) is 0 Å². The zero-order chi connectivity index (χ0) is 23.9. The first-order valence-electron chi connectivity index (χ1n) is 10.5. The third-order valence-electron chi connectivity index (χ3n) is 4.65. The monoisotopic (exact) mass is 428 g/mol. The zero-order valence-corrected chi connectivity index (χ0v) is 20.0. The Bertz CT molecular complexity index is 612. The lowest BCUT2D eigenvalue weighted by Gasteiger charge is -2.40. The van der Waals surface area contributed by atoms with Crippen LogP contribution in [0.4, 0.5) is 0 Å². The van der Waals surface area contributed by atoms with E-state index >= 15 is 0 Å². The molecular weight excluding hydrogens is 388 g/mol. The van der Waals surface area contributed by atoms with Crippen LogP contribution in [0, 0.1) is 17.3 Å². The predicted octanol–water partition coefficient (Wildman–Crippen LogP) is 3.82. The summed E-state index contributed by atoms with van der Waals surface area (Å²) >= 11 is 0. The van der Waals surface area contributed by atoms with Crippen LogP contribution < -0.4 is 0 Å². The molecule has 0 fully saturated rings. The van der Waals surface area contributed by atoms with Crippen molar-refractivity contribution in [1.82, 2.24) is 0 Å². The van der Waals surface area contributed by atoms with Crippen molar-refractivity contribution < 1.29 is 33.7 Å². The van der Waals surface area contributed by atoms with E-state index in [0.29, 0.717) is 6.42 Å². The van der Waals surface area contributed by atoms with Crippen molar-refractivity contribution in [3.05, 3.63) is 12.7 Å². The van der Waals surface area contributed by atoms with Crippen molar-refractivity contribution in [1.29, 1.82) is 0 Å². The fourth-order valence-corrected chi connectivity index (χ4v) is 3.07. The fraction of sp³-hybridized carbons (Fsp3) is 0.783. The van der Waals surface area contributed by atoms with Crippen molar-refractivity contribution in [2.24, 2.45) is 17.3 Å². The molecule has 0 aromatic rings. The molecule has 0 rings (SSSR count). The molecular formula is C23H40O7. The molecule has 0 aliphatic heterocycles. The van der Waals surface area contributed by atoms with Gasteiger partial charge in [-0.2, -0.15) is 0 Å². The Balaban J connectivity index is 6.61. The van der Waals surface area contributed by atoms with Gasteiger partial charge in [0.05, 0.1) is 18.6 Å². The highest BCUT2D eigenvalue weighted by Crippen LogP contribution is 2.40. The van der Waals surface area contributed by atoms with Gasteiger partial charge in [0, 0.05) is 0 Å². The second-order valence-corrected chi connectivity index (χ2v) is 9.58. The topological polar surface area (TPSA) is 99.1 Å². The number of allylic oxidation sites excluding steroid dienone is 1. The Hall–Kier alpha value is -1.89. The lowest BCUT2D eigenvalue weighted by Crippen LogP contribution is -2.57. The Labute approximate surface area is 181 Å². The van der Waals surface area contributed by atoms with Crippen LogP contribution in [0.1, 0.15) is 75.2 Å². The van der Waals surface area contributed by atoms with Gasteiger partial charge in [0.1, 0.15) is 11.2 Å². The highest BCUT2D eigenvalue weighted by atomic mass is 16.6. The lowest BCUT2D eigenvalue weighted by atomic mass is 9.69. The minimum absolute atomic E-state index is 0.00627. The fourth-order valence-electron chi connectivity index (χ4n) is 3.07. The molecule has 0 saturated carbocycles. The van der Waals surface area contributed by atoms with Crippen LogP contribution in [-0.4, -0.2) is 46.9 Å². The smallest absolute Gasteiger partial charge is 0.327 e. The van der Waals surface area contributed by atoms with E-state index in [-0.39, 0.29) is 18.9 Å². The Kier molecular flexibility index (Phi) is 10.2. The predicted molar refractivity (Wildman–Crippen MR) is 115 cm³/mol. The van der Waals surface area contributed by atoms with Crippen molar-refractivity contribution >= 4 is 17.9 Å². The molecule has 0 radical (unpaired) electrons. The van der Waals surface area contributed by atoms with Gasteiger partial charge in [-0.05, 0) is 60.8 Å². The molecule has 2 unspecified atom stereocenters. The van der Waals surface area contributed by atoms with Crippen LogP contribution in [0.25, 0.3) is 0 Å². The maximum absolute atomic E-state index is 13.3. The third-order valence-corrected chi connectivity index (χ3v) is 4.65. The van der Waals surface area contributed by atoms with E-state index in [0.717, 1.165) is 0 Å². The summed E-state index contributed by atoms with van der Waals surface area (Å²) in [6.07, 6.45) is -0.124. The van der Waals surface area contributed by atoms with Gasteiger partial charge in [-0.15, -0.1) is 6.58 Å². The molecule has 0 amide bonds. The molecule has 0 aliphatic rings. The third kappa shape index (κ3) is 7.42. The SMILES string of the molecule is C=CC[C@](C(=O)OCC)(C(=O)OC(C)(C)C)C(O)[C@@H](C(=O)OC(C)(C)C)C(C)CC. The van der Waals surface area contributed by atoms with Gasteiger partial charge in [-0.3, -0.25) is 14.4 Å². The number of rotatable bonds is 10. The first-order valence-corrected chi connectivity index (χ1v) is 10.5. The summed E-state index contributed by atoms with van der Waals surface area (Å²) in [5, 5.41) is 11.4. The number of hydrogen-bond acceptors (Lipinski definition) is 7. The second-order valence-electron chi connectivity index (χ2n) is 9.58. The van der Waals surface area contributed by atoms with Crippen molar-refractivity contribution in [2.45, 2.75) is 92.5 Å². The number of aliphatic hydroxyl groups is 1. The van der Waals surface area contributed by atoms with Crippen molar-refractivity contribution in [3.8, 4) is 0 Å². The molecule has 7 heteroatoms. The molecule has 174 valence electrons. The van der Waals surface area contributed by atoms with Crippen LogP contribution in [0.5, 0.6) is 0 Å². The van der Waals surface area contributed by atoms with Gasteiger partial charge in [0.15, 0.2) is 5.41 Å². The largest absolute Gasteiger partial charge is 0.465 e. The van der Waals surface area contributed by atoms with Crippen LogP contribution in [0.2, 0.25) is 0 Å². The van der Waals surface area contributed by atoms with E-state index in [9.17, 15) is 19.5 Å². The van der Waals surface area contributed by atoms with E-state index in [1.165, 1.54) is 6.08 Å². The summed E-state index contributed by atoms with van der Waals surface area (Å²) in [5.41, 5.74) is -3.87. The lowest BCUT2D eigenvalue weighted by molar-refractivity contribution is -0.196. The average molecular weight is 429 g/mol. The normalized spacial score (nSPS) is 17.1. The summed E-state index contributed by atoms with van der Waals surface area (Å²) in [6, 6.07) is 0. The first-order chi connectivity index (χ1) is 13.6. The molecule has 0 aromatic carbocycles. The van der Waals surface area contributed by atoms with Crippen molar-refractivity contribution in [2.75, 3.05) is 6.61 Å². The summed E-state index contributed by atoms with van der Waals surface area (Å²) in [6.45, 7) is 18.9. The summed E-state index contributed by atoms with van der Waals surface area (Å²) in [4.78, 5) is 39.4. The Morgan fingerprint density at radius 3 is 1.83 bits per heavy atom. The van der Waals surface area contributed by atoms with E-state index in [1.54, 1.807) is 55.4 Å². The van der Waals surface area contributed by atoms with E-state index in [4.69, 9.17) is 14.2 Å². The van der Waals surface area contributed by atoms with Crippen LogP contribution in [0.15, 0.2) is 12.7 Å². The maximum Gasteiger partial charge on any atom is 0.327 e. The Morgan fingerprint density at radius 2 is 1.47 bits per heavy atom. The van der Waals surface area contributed by atoms with Gasteiger partial charge in [-0.1, -0.05) is 26.3 Å². The van der Waals surface area contributed by atoms with Gasteiger partial charge in [0.2, 0.25) is 0 Å². The molecule has 4 atom stereocenters. The second kappa shape index (κ2) is 10.9. The van der Waals surface area contributed by atoms with E-state index < -0.39 is 46.5 Å². The van der Waals surface area contributed by atoms with E-state index in [1.807, 2.05) is 6.92 Å². The van der Waals surface area contributed by atoms with Gasteiger partial charge < -0.3 is 19.3 Å². The number of esters is 3. The minimum Gasteiger partial charge on any atom is -0.465 e. The molecule has 0 aliphatic carbocycles. The molecule has 0 bridgehead atoms. The quantitative estimate of drug-likeness (QED) is 0.244. The number of hydrogen-bond donors (Lipinski definition) is 1. The molecule has 7 nitrogen and oxygen atoms in total. The number of aliphatic hydroxyl groups excluding tert-OH is 1. The molecule has 30 heavy (non-hydrogen) atoms. The van der Waals surface area contributed by atoms with Gasteiger partial charge >= 0.3 is 17.9 Å². The van der Waals surface area contributed by atoms with Crippen LogP contribution in [-0.2, 0) is 28.6 Å². The van der Waals surface area contributed by atoms with E-state index in [2.05, 4.69) is 6.58 Å². The highest BCUT2D eigenvalue weighted by molar-refractivity contribution is 6.02. The summed E-state index contributed by atoms with van der Waals surface area (Å²) in [5.74, 6) is -4.13. The van der Waals surface area contributed by atoms with Crippen molar-refractivity contribution in [3.63, 3.8) is 0 Å². The van der Waals surface area contributed by atoms with Crippen LogP contribution in [0.3, 0.4) is 0 Å². The number of carbonyl (C=O) groups is 3. The minimum atomic E-state index is -2.14. The van der Waals surface area contributed by atoms with Crippen LogP contribution >= 0.6 is 0 Å². The molecule has 1 N–H and O–H groups in total. The molecule has 0 heterocycles.